The zero-order valence-corrected chi connectivity index (χ0v) is 41.9. The number of esters is 4. The molecule has 1 heterocycles. The summed E-state index contributed by atoms with van der Waals surface area (Å²) in [5.41, 5.74) is 2.97. The van der Waals surface area contributed by atoms with Crippen molar-refractivity contribution in [2.24, 2.45) is 22.7 Å². The van der Waals surface area contributed by atoms with Crippen LogP contribution in [0.15, 0.2) is 96.6 Å². The molecular weight excluding hydrogens is 937 g/mol. The Labute approximate surface area is 426 Å². The molecule has 0 saturated heterocycles. The first-order valence-electron chi connectivity index (χ1n) is 24.7. The molecule has 3 aromatic rings. The van der Waals surface area contributed by atoms with Crippen LogP contribution in [0.5, 0.6) is 0 Å². The van der Waals surface area contributed by atoms with Crippen LogP contribution in [0, 0.1) is 41.9 Å². The molecule has 6 rings (SSSR count). The van der Waals surface area contributed by atoms with E-state index in [0.29, 0.717) is 73.3 Å². The first kappa shape index (κ1) is 55.5. The number of terminal acetylenes is 1. The molecule has 2 unspecified atom stereocenters. The maximum absolute atomic E-state index is 13.4. The van der Waals surface area contributed by atoms with Crippen molar-refractivity contribution in [2.45, 2.75) is 84.3 Å². The lowest BCUT2D eigenvalue weighted by atomic mass is 9.45. The lowest BCUT2D eigenvalue weighted by molar-refractivity contribution is -0.145. The van der Waals surface area contributed by atoms with E-state index in [1.54, 1.807) is 42.5 Å². The fraction of sp³-hybridized carbons (Fsp3) is 0.456. The summed E-state index contributed by atoms with van der Waals surface area (Å²) in [5.74, 6) is -0.907. The van der Waals surface area contributed by atoms with Gasteiger partial charge in [-0.3, -0.25) is 24.5 Å². The number of aliphatic hydroxyl groups excluding tert-OH is 1. The van der Waals surface area contributed by atoms with E-state index in [-0.39, 0.29) is 93.3 Å². The van der Waals surface area contributed by atoms with E-state index in [2.05, 4.69) is 30.1 Å². The van der Waals surface area contributed by atoms with Gasteiger partial charge in [0.2, 0.25) is 5.91 Å². The highest BCUT2D eigenvalue weighted by Crippen LogP contribution is 2.63. The minimum Gasteiger partial charge on any atom is -0.462 e. The van der Waals surface area contributed by atoms with Crippen LogP contribution >= 0.6 is 0 Å². The second-order valence-corrected chi connectivity index (χ2v) is 19.3. The number of benzene rings is 3. The SMILES string of the molecule is C#CCOCCOCCOC(=O)CNCC(=O)Nc1ccc(C(=O)c2ccc(C(=O)OCCC(=O)CC[C@@]3(C)C4CCC(=C)[C@@H](CC(OC(=O)c5ccc(C)cc5)C5=CCOC5=O)[C@]4(C)CC[C@H]3O)cc2)cc1. The maximum atomic E-state index is 13.4. The fourth-order valence-electron chi connectivity index (χ4n) is 10.3. The molecule has 73 heavy (non-hydrogen) atoms. The largest absolute Gasteiger partial charge is 0.462 e. The third kappa shape index (κ3) is 14.9. The highest BCUT2D eigenvalue weighted by Gasteiger charge is 2.58. The molecule has 0 aromatic heterocycles. The molecule has 1 aliphatic heterocycles. The predicted octanol–water partition coefficient (Wildman–Crippen LogP) is 6.71. The first-order chi connectivity index (χ1) is 35.0. The van der Waals surface area contributed by atoms with Gasteiger partial charge in [0, 0.05) is 29.7 Å². The van der Waals surface area contributed by atoms with Gasteiger partial charge in [-0.2, -0.15) is 0 Å². The number of allylic oxidation sites excluding steroid dienone is 1. The summed E-state index contributed by atoms with van der Waals surface area (Å²) >= 11 is 0. The summed E-state index contributed by atoms with van der Waals surface area (Å²) in [7, 11) is 0. The van der Waals surface area contributed by atoms with Gasteiger partial charge < -0.3 is 38.8 Å². The molecule has 1 amide bonds. The number of aliphatic hydroxyl groups is 1. The Morgan fingerprint density at radius 2 is 1.47 bits per heavy atom. The third-order valence-electron chi connectivity index (χ3n) is 14.4. The van der Waals surface area contributed by atoms with Crippen LogP contribution in [0.2, 0.25) is 0 Å². The van der Waals surface area contributed by atoms with Crippen LogP contribution < -0.4 is 10.6 Å². The fourth-order valence-corrected chi connectivity index (χ4v) is 10.3. The lowest BCUT2D eigenvalue weighted by Crippen LogP contribution is -2.56. The monoisotopic (exact) mass is 1000 g/mol. The summed E-state index contributed by atoms with van der Waals surface area (Å²) in [6, 6.07) is 19.3. The maximum Gasteiger partial charge on any atom is 0.338 e. The summed E-state index contributed by atoms with van der Waals surface area (Å²) in [5, 5.41) is 17.0. The van der Waals surface area contributed by atoms with Crippen molar-refractivity contribution in [3.05, 3.63) is 124 Å². The molecule has 3 N–H and O–H groups in total. The number of carbonyl (C=O) groups excluding carboxylic acids is 7. The van der Waals surface area contributed by atoms with Crippen LogP contribution in [0.3, 0.4) is 0 Å². The van der Waals surface area contributed by atoms with Crippen molar-refractivity contribution in [1.82, 2.24) is 5.32 Å². The Balaban J connectivity index is 0.936. The Kier molecular flexibility index (Phi) is 20.0. The number of nitrogens with one attached hydrogen (secondary N) is 2. The highest BCUT2D eigenvalue weighted by molar-refractivity contribution is 6.09. The zero-order chi connectivity index (χ0) is 52.5. The standard InChI is InChI=1S/C57H66N2O14/c1-6-27-68-30-31-69-32-33-70-51(63)36-58-35-50(62)59-43-18-16-40(17-19-43)52(64)39-12-14-41(15-13-39)53(65)71-28-23-44(60)21-25-57(5)48-20-9-38(3)46(56(48,4)26-22-49(57)61)34-47(45-24-29-72-55(45)67)73-54(66)42-10-7-37(2)8-11-42/h1,7-8,10-19,24,46-49,58,61H,3,9,20-23,25-36H2,2,4-5H3,(H,59,62)/t46-,47?,48?,49-,56+,57+/m1/s1. The lowest BCUT2D eigenvalue weighted by Gasteiger charge is -2.60. The summed E-state index contributed by atoms with van der Waals surface area (Å²) in [4.78, 5) is 90.2. The van der Waals surface area contributed by atoms with Crippen molar-refractivity contribution < 1.29 is 67.1 Å². The minimum absolute atomic E-state index is 0.0141. The molecule has 0 radical (unpaired) electrons. The molecule has 3 aliphatic rings. The van der Waals surface area contributed by atoms with E-state index >= 15 is 0 Å². The van der Waals surface area contributed by atoms with Gasteiger partial charge in [-0.1, -0.05) is 61.7 Å². The number of amides is 1. The van der Waals surface area contributed by atoms with E-state index in [9.17, 15) is 38.7 Å². The van der Waals surface area contributed by atoms with Crippen LogP contribution in [0.1, 0.15) is 107 Å². The van der Waals surface area contributed by atoms with E-state index in [4.69, 9.17) is 34.8 Å². The van der Waals surface area contributed by atoms with Gasteiger partial charge in [-0.25, -0.2) is 14.4 Å². The number of Topliss-reactive ketones (excluding diaryl/α,β-unsaturated/α-hetero) is 1. The third-order valence-corrected chi connectivity index (χ3v) is 14.4. The van der Waals surface area contributed by atoms with Gasteiger partial charge in [0.25, 0.3) is 0 Å². The van der Waals surface area contributed by atoms with Crippen molar-refractivity contribution >= 4 is 47.0 Å². The number of rotatable bonds is 26. The number of aryl methyl sites for hydroxylation is 1. The number of anilines is 1. The molecule has 2 fully saturated rings. The van der Waals surface area contributed by atoms with Crippen molar-refractivity contribution in [3.8, 4) is 12.3 Å². The van der Waals surface area contributed by atoms with Crippen LogP contribution in [0.25, 0.3) is 0 Å². The van der Waals surface area contributed by atoms with Gasteiger partial charge in [-0.05, 0) is 123 Å². The zero-order valence-electron chi connectivity index (χ0n) is 41.9. The van der Waals surface area contributed by atoms with Gasteiger partial charge in [0.1, 0.15) is 31.7 Å². The Morgan fingerprint density at radius 3 is 2.15 bits per heavy atom. The average molecular weight is 1000 g/mol. The quantitative estimate of drug-likeness (QED) is 0.0190. The number of ether oxygens (including phenoxy) is 6. The second kappa shape index (κ2) is 26.3. The second-order valence-electron chi connectivity index (χ2n) is 19.3. The topological polar surface area (TPSA) is 219 Å². The molecule has 2 saturated carbocycles. The van der Waals surface area contributed by atoms with Crippen LogP contribution in [-0.4, -0.2) is 118 Å². The molecule has 0 bridgehead atoms. The smallest absolute Gasteiger partial charge is 0.338 e. The molecule has 16 heteroatoms. The predicted molar refractivity (Wildman–Crippen MR) is 269 cm³/mol. The number of carbonyl (C=O) groups is 7. The number of cyclic esters (lactones) is 1. The molecule has 3 aromatic carbocycles. The summed E-state index contributed by atoms with van der Waals surface area (Å²) < 4.78 is 32.2. The van der Waals surface area contributed by atoms with Crippen molar-refractivity contribution in [1.29, 1.82) is 0 Å². The van der Waals surface area contributed by atoms with Crippen molar-refractivity contribution in [2.75, 3.05) is 64.7 Å². The normalized spacial score (nSPS) is 21.6. The van der Waals surface area contributed by atoms with E-state index in [1.807, 2.05) is 26.0 Å². The van der Waals surface area contributed by atoms with E-state index in [0.717, 1.165) is 17.6 Å². The summed E-state index contributed by atoms with van der Waals surface area (Å²) in [6.07, 6.45) is 8.74. The van der Waals surface area contributed by atoms with Gasteiger partial charge >= 0.3 is 23.9 Å². The molecule has 0 spiro atoms. The number of hydrogen-bond acceptors (Lipinski definition) is 15. The average Bonchev–Trinajstić information content (AvgIpc) is 3.81. The van der Waals surface area contributed by atoms with Crippen LogP contribution in [-0.2, 0) is 47.6 Å². The van der Waals surface area contributed by atoms with Gasteiger partial charge in [0.05, 0.1) is 62.3 Å². The summed E-state index contributed by atoms with van der Waals surface area (Å²) in [6.45, 7) is 11.3. The molecular formula is C57H66N2O14. The van der Waals surface area contributed by atoms with Gasteiger partial charge in [-0.15, -0.1) is 6.42 Å². The van der Waals surface area contributed by atoms with Crippen molar-refractivity contribution in [3.63, 3.8) is 0 Å². The van der Waals surface area contributed by atoms with E-state index < -0.39 is 47.4 Å². The Bertz CT molecular complexity index is 2550. The first-order valence-corrected chi connectivity index (χ1v) is 24.7. The van der Waals surface area contributed by atoms with Gasteiger partial charge in [0.15, 0.2) is 5.78 Å². The number of hydrogen-bond donors (Lipinski definition) is 3. The molecule has 16 nitrogen and oxygen atoms in total. The Hall–Kier alpha value is -6.77. The van der Waals surface area contributed by atoms with E-state index in [1.165, 1.54) is 24.3 Å². The number of fused-ring (bicyclic) bond motifs is 1. The number of ketones is 2. The molecule has 6 atom stereocenters. The van der Waals surface area contributed by atoms with Crippen LogP contribution in [0.4, 0.5) is 5.69 Å². The molecule has 388 valence electrons. The Morgan fingerprint density at radius 1 is 0.822 bits per heavy atom. The minimum atomic E-state index is -0.865. The molecule has 2 aliphatic carbocycles. The highest BCUT2D eigenvalue weighted by atomic mass is 16.6.